The molecule has 1 fully saturated rings. The number of aliphatic carboxylic acids is 1. The molecule has 1 aliphatic rings. The van der Waals surface area contributed by atoms with Crippen LogP contribution in [0.1, 0.15) is 24.0 Å². The zero-order valence-electron chi connectivity index (χ0n) is 11.7. The molecule has 1 heterocycles. The summed E-state index contributed by atoms with van der Waals surface area (Å²) in [4.78, 5) is 11.4. The average Bonchev–Trinajstić information content (AvgIpc) is 2.45. The Kier molecular flexibility index (Phi) is 6.22. The highest BCUT2D eigenvalue weighted by Crippen LogP contribution is 2.30. The summed E-state index contributed by atoms with van der Waals surface area (Å²) in [5.41, 5.74) is -1.47. The second kappa shape index (κ2) is 7.30. The van der Waals surface area contributed by atoms with Crippen molar-refractivity contribution in [2.24, 2.45) is 0 Å². The molecule has 0 amide bonds. The van der Waals surface area contributed by atoms with Crippen LogP contribution in [0.25, 0.3) is 0 Å². The quantitative estimate of drug-likeness (QED) is 0.885. The van der Waals surface area contributed by atoms with Crippen molar-refractivity contribution in [1.82, 2.24) is 5.32 Å². The molecule has 0 aromatic heterocycles. The monoisotopic (exact) mass is 339 g/mol. The molecule has 0 spiro atoms. The Morgan fingerprint density at radius 3 is 2.50 bits per heavy atom. The minimum absolute atomic E-state index is 0. The summed E-state index contributed by atoms with van der Waals surface area (Å²) in [5, 5.41) is 12.2. The van der Waals surface area contributed by atoms with Crippen LogP contribution in [0.2, 0.25) is 0 Å². The van der Waals surface area contributed by atoms with Crippen LogP contribution in [0, 0.1) is 0 Å². The second-order valence-electron chi connectivity index (χ2n) is 5.05. The zero-order valence-corrected chi connectivity index (χ0v) is 12.5. The number of halogens is 4. The van der Waals surface area contributed by atoms with E-state index < -0.39 is 23.2 Å². The van der Waals surface area contributed by atoms with Gasteiger partial charge in [0.2, 0.25) is 0 Å². The summed E-state index contributed by atoms with van der Waals surface area (Å²) >= 11 is 0. The number of benzene rings is 1. The van der Waals surface area contributed by atoms with Crippen LogP contribution < -0.4 is 5.32 Å². The fraction of sp³-hybridized carbons (Fsp3) is 0.500. The van der Waals surface area contributed by atoms with Crippen molar-refractivity contribution in [1.29, 1.82) is 0 Å². The van der Waals surface area contributed by atoms with Crippen molar-refractivity contribution in [2.45, 2.75) is 31.1 Å². The van der Waals surface area contributed by atoms with Crippen LogP contribution in [-0.2, 0) is 22.3 Å². The Balaban J connectivity index is 0.00000242. The Bertz CT molecular complexity index is 516. The molecular weight excluding hydrogens is 323 g/mol. The van der Waals surface area contributed by atoms with Gasteiger partial charge in [0.05, 0.1) is 5.56 Å². The molecule has 124 valence electrons. The predicted octanol–water partition coefficient (Wildman–Crippen LogP) is 2.85. The van der Waals surface area contributed by atoms with Gasteiger partial charge in [0.25, 0.3) is 0 Å². The smallest absolute Gasteiger partial charge is 0.416 e. The number of alkyl halides is 3. The standard InChI is InChI=1S/C14H16F3NO3.ClH/c15-14(16,17)11-3-1-2-10(8-11)9-18-13(12(19)20)4-6-21-7-5-13;/h1-3,8,18H,4-7,9H2,(H,19,20);1H. The Morgan fingerprint density at radius 1 is 1.32 bits per heavy atom. The van der Waals surface area contributed by atoms with Crippen LogP contribution in [0.4, 0.5) is 13.2 Å². The molecule has 1 aromatic rings. The normalized spacial score (nSPS) is 17.6. The number of nitrogens with one attached hydrogen (secondary N) is 1. The predicted molar refractivity (Wildman–Crippen MR) is 76.0 cm³/mol. The first-order valence-corrected chi connectivity index (χ1v) is 6.56. The van der Waals surface area contributed by atoms with Crippen molar-refractivity contribution >= 4 is 18.4 Å². The lowest BCUT2D eigenvalue weighted by atomic mass is 9.90. The van der Waals surface area contributed by atoms with Crippen LogP contribution in [-0.4, -0.2) is 29.8 Å². The van der Waals surface area contributed by atoms with Crippen molar-refractivity contribution in [2.75, 3.05) is 13.2 Å². The van der Waals surface area contributed by atoms with E-state index in [9.17, 15) is 23.1 Å². The maximum Gasteiger partial charge on any atom is 0.416 e. The Labute approximate surface area is 132 Å². The van der Waals surface area contributed by atoms with Crippen LogP contribution in [0.15, 0.2) is 24.3 Å². The number of carboxylic acids is 1. The summed E-state index contributed by atoms with van der Waals surface area (Å²) in [6.07, 6.45) is -3.82. The summed E-state index contributed by atoms with van der Waals surface area (Å²) in [6.45, 7) is 0.708. The first-order valence-electron chi connectivity index (χ1n) is 6.56. The van der Waals surface area contributed by atoms with Crippen LogP contribution >= 0.6 is 12.4 Å². The van der Waals surface area contributed by atoms with Gasteiger partial charge in [0.15, 0.2) is 0 Å². The molecular formula is C14H17ClF3NO3. The highest BCUT2D eigenvalue weighted by Gasteiger charge is 2.39. The van der Waals surface area contributed by atoms with Gasteiger partial charge in [0.1, 0.15) is 5.54 Å². The van der Waals surface area contributed by atoms with Gasteiger partial charge < -0.3 is 9.84 Å². The summed E-state index contributed by atoms with van der Waals surface area (Å²) in [6, 6.07) is 4.88. The van der Waals surface area contributed by atoms with Gasteiger partial charge in [0, 0.05) is 19.8 Å². The van der Waals surface area contributed by atoms with E-state index in [1.807, 2.05) is 0 Å². The molecule has 0 saturated carbocycles. The van der Waals surface area contributed by atoms with Gasteiger partial charge in [-0.05, 0) is 24.5 Å². The van der Waals surface area contributed by atoms with Gasteiger partial charge in [-0.2, -0.15) is 13.2 Å². The number of ether oxygens (including phenoxy) is 1. The van der Waals surface area contributed by atoms with E-state index in [1.165, 1.54) is 12.1 Å². The number of hydrogen-bond donors (Lipinski definition) is 2. The third-order valence-electron chi connectivity index (χ3n) is 3.64. The van der Waals surface area contributed by atoms with Gasteiger partial charge in [-0.25, -0.2) is 0 Å². The molecule has 1 saturated heterocycles. The van der Waals surface area contributed by atoms with E-state index in [1.54, 1.807) is 0 Å². The molecule has 1 aromatic carbocycles. The van der Waals surface area contributed by atoms with Gasteiger partial charge >= 0.3 is 12.1 Å². The van der Waals surface area contributed by atoms with E-state index in [0.29, 0.717) is 31.6 Å². The molecule has 2 N–H and O–H groups in total. The minimum atomic E-state index is -4.40. The number of carboxylic acid groups (broad SMARTS) is 1. The first kappa shape index (κ1) is 18.7. The average molecular weight is 340 g/mol. The lowest BCUT2D eigenvalue weighted by Gasteiger charge is -2.34. The molecule has 0 atom stereocenters. The second-order valence-corrected chi connectivity index (χ2v) is 5.05. The van der Waals surface area contributed by atoms with Gasteiger partial charge in [-0.3, -0.25) is 10.1 Å². The van der Waals surface area contributed by atoms with E-state index in [0.717, 1.165) is 12.1 Å². The van der Waals surface area contributed by atoms with E-state index >= 15 is 0 Å². The van der Waals surface area contributed by atoms with Crippen molar-refractivity contribution in [3.63, 3.8) is 0 Å². The summed E-state index contributed by atoms with van der Waals surface area (Å²) in [7, 11) is 0. The molecule has 0 radical (unpaired) electrons. The van der Waals surface area contributed by atoms with E-state index in [2.05, 4.69) is 5.32 Å². The fourth-order valence-corrected chi connectivity index (χ4v) is 2.31. The Morgan fingerprint density at radius 2 is 1.95 bits per heavy atom. The van der Waals surface area contributed by atoms with E-state index in [4.69, 9.17) is 4.74 Å². The SMILES string of the molecule is Cl.O=C(O)C1(NCc2cccc(C(F)(F)F)c2)CCOCC1. The molecule has 0 bridgehead atoms. The number of carbonyl (C=O) groups is 1. The van der Waals surface area contributed by atoms with Crippen molar-refractivity contribution in [3.05, 3.63) is 35.4 Å². The van der Waals surface area contributed by atoms with E-state index in [-0.39, 0.29) is 19.0 Å². The van der Waals surface area contributed by atoms with Crippen molar-refractivity contribution < 1.29 is 27.8 Å². The van der Waals surface area contributed by atoms with Crippen LogP contribution in [0.5, 0.6) is 0 Å². The first-order chi connectivity index (χ1) is 9.83. The third-order valence-corrected chi connectivity index (χ3v) is 3.64. The highest BCUT2D eigenvalue weighted by molar-refractivity contribution is 5.85. The molecule has 4 nitrogen and oxygen atoms in total. The topological polar surface area (TPSA) is 58.6 Å². The molecule has 1 aliphatic heterocycles. The van der Waals surface area contributed by atoms with Gasteiger partial charge in [-0.15, -0.1) is 12.4 Å². The maximum absolute atomic E-state index is 12.6. The molecule has 0 aliphatic carbocycles. The largest absolute Gasteiger partial charge is 0.480 e. The van der Waals surface area contributed by atoms with Crippen molar-refractivity contribution in [3.8, 4) is 0 Å². The fourth-order valence-electron chi connectivity index (χ4n) is 2.31. The third kappa shape index (κ3) is 4.34. The number of rotatable bonds is 4. The lowest BCUT2D eigenvalue weighted by molar-refractivity contribution is -0.149. The lowest BCUT2D eigenvalue weighted by Crippen LogP contribution is -2.55. The summed E-state index contributed by atoms with van der Waals surface area (Å²) < 4.78 is 43.0. The molecule has 2 rings (SSSR count). The molecule has 22 heavy (non-hydrogen) atoms. The maximum atomic E-state index is 12.6. The van der Waals surface area contributed by atoms with Gasteiger partial charge in [-0.1, -0.05) is 18.2 Å². The molecule has 0 unspecified atom stereocenters. The van der Waals surface area contributed by atoms with Crippen LogP contribution in [0.3, 0.4) is 0 Å². The molecule has 8 heteroatoms. The minimum Gasteiger partial charge on any atom is -0.480 e. The number of hydrogen-bond acceptors (Lipinski definition) is 3. The zero-order chi connectivity index (χ0) is 15.5. The summed E-state index contributed by atoms with van der Waals surface area (Å²) in [5.74, 6) is -1.00. The highest BCUT2D eigenvalue weighted by atomic mass is 35.5. The Hall–Kier alpha value is -1.31.